The van der Waals surface area contributed by atoms with Crippen molar-refractivity contribution in [2.24, 2.45) is 0 Å². The molecule has 1 fully saturated rings. The molecule has 1 saturated heterocycles. The van der Waals surface area contributed by atoms with Crippen molar-refractivity contribution in [3.05, 3.63) is 0 Å². The van der Waals surface area contributed by atoms with Crippen molar-refractivity contribution < 1.29 is 9.59 Å². The van der Waals surface area contributed by atoms with Crippen LogP contribution in [0.1, 0.15) is 47.0 Å². The van der Waals surface area contributed by atoms with Crippen LogP contribution in [-0.2, 0) is 4.79 Å². The van der Waals surface area contributed by atoms with Crippen molar-refractivity contribution in [1.82, 2.24) is 20.4 Å². The molecule has 1 aliphatic rings. The van der Waals surface area contributed by atoms with E-state index in [4.69, 9.17) is 0 Å². The van der Waals surface area contributed by atoms with E-state index in [1.54, 1.807) is 4.90 Å². The number of carbonyl (C=O) groups is 2. The van der Waals surface area contributed by atoms with Crippen molar-refractivity contribution >= 4 is 11.9 Å². The summed E-state index contributed by atoms with van der Waals surface area (Å²) in [7, 11) is 0. The minimum atomic E-state index is -0.679. The number of hydrogen-bond donors (Lipinski definition) is 2. The SMILES string of the molecule is CCNCCCN1C(=O)N(CCCNCC)C(C)(CC)C1=O. The van der Waals surface area contributed by atoms with Gasteiger partial charge in [-0.15, -0.1) is 0 Å². The Kier molecular flexibility index (Phi) is 7.82. The van der Waals surface area contributed by atoms with Crippen molar-refractivity contribution in [1.29, 1.82) is 0 Å². The van der Waals surface area contributed by atoms with Gasteiger partial charge >= 0.3 is 6.03 Å². The highest BCUT2D eigenvalue weighted by molar-refractivity contribution is 6.06. The number of carbonyl (C=O) groups excluding carboxylic acids is 2. The maximum Gasteiger partial charge on any atom is 0.327 e. The van der Waals surface area contributed by atoms with Crippen LogP contribution < -0.4 is 10.6 Å². The molecule has 0 aromatic heterocycles. The molecule has 22 heavy (non-hydrogen) atoms. The third-order valence-corrected chi connectivity index (χ3v) is 4.42. The molecule has 128 valence electrons. The molecule has 0 radical (unpaired) electrons. The fourth-order valence-corrected chi connectivity index (χ4v) is 2.81. The van der Waals surface area contributed by atoms with Crippen LogP contribution >= 0.6 is 0 Å². The molecule has 0 bridgehead atoms. The molecule has 0 saturated carbocycles. The number of amides is 3. The Bertz CT molecular complexity index is 375. The summed E-state index contributed by atoms with van der Waals surface area (Å²) in [5.41, 5.74) is -0.679. The Hall–Kier alpha value is -1.14. The van der Waals surface area contributed by atoms with Crippen LogP contribution in [0.3, 0.4) is 0 Å². The first-order valence-electron chi connectivity index (χ1n) is 8.57. The molecule has 0 aromatic carbocycles. The van der Waals surface area contributed by atoms with Gasteiger partial charge in [-0.2, -0.15) is 0 Å². The lowest BCUT2D eigenvalue weighted by molar-refractivity contribution is -0.132. The van der Waals surface area contributed by atoms with E-state index in [9.17, 15) is 9.59 Å². The van der Waals surface area contributed by atoms with Gasteiger partial charge < -0.3 is 15.5 Å². The second-order valence-electron chi connectivity index (χ2n) is 5.93. The average Bonchev–Trinajstić information content (AvgIpc) is 2.70. The van der Waals surface area contributed by atoms with E-state index in [-0.39, 0.29) is 11.9 Å². The topological polar surface area (TPSA) is 64.7 Å². The van der Waals surface area contributed by atoms with E-state index < -0.39 is 5.54 Å². The first-order valence-corrected chi connectivity index (χ1v) is 8.57. The van der Waals surface area contributed by atoms with Gasteiger partial charge in [-0.05, 0) is 52.4 Å². The van der Waals surface area contributed by atoms with Crippen LogP contribution in [0.25, 0.3) is 0 Å². The Morgan fingerprint density at radius 1 is 0.955 bits per heavy atom. The predicted octanol–water partition coefficient (Wildman–Crippen LogP) is 1.42. The van der Waals surface area contributed by atoms with Crippen molar-refractivity contribution in [2.75, 3.05) is 39.3 Å². The molecule has 1 atom stereocenters. The molecule has 0 aromatic rings. The molecule has 1 unspecified atom stereocenters. The lowest BCUT2D eigenvalue weighted by Gasteiger charge is -2.30. The summed E-state index contributed by atoms with van der Waals surface area (Å²) in [6, 6.07) is -0.123. The number of imide groups is 1. The highest BCUT2D eigenvalue weighted by atomic mass is 16.2. The fraction of sp³-hybridized carbons (Fsp3) is 0.875. The Morgan fingerprint density at radius 3 is 2.00 bits per heavy atom. The van der Waals surface area contributed by atoms with Crippen LogP contribution in [0.2, 0.25) is 0 Å². The Labute approximate surface area is 134 Å². The average molecular weight is 312 g/mol. The van der Waals surface area contributed by atoms with Gasteiger partial charge in [0.05, 0.1) is 0 Å². The van der Waals surface area contributed by atoms with Crippen LogP contribution in [-0.4, -0.2) is 66.5 Å². The zero-order valence-corrected chi connectivity index (χ0v) is 14.6. The van der Waals surface area contributed by atoms with Crippen molar-refractivity contribution in [2.45, 2.75) is 52.5 Å². The molecule has 6 heteroatoms. The molecule has 3 amide bonds. The van der Waals surface area contributed by atoms with Crippen LogP contribution in [0.4, 0.5) is 4.79 Å². The predicted molar refractivity (Wildman–Crippen MR) is 88.8 cm³/mol. The summed E-state index contributed by atoms with van der Waals surface area (Å²) in [4.78, 5) is 28.5. The minimum absolute atomic E-state index is 0.0417. The molecular formula is C16H32N4O2. The fourth-order valence-electron chi connectivity index (χ4n) is 2.81. The van der Waals surface area contributed by atoms with E-state index in [2.05, 4.69) is 17.6 Å². The van der Waals surface area contributed by atoms with Gasteiger partial charge in [0.25, 0.3) is 5.91 Å². The normalized spacial score (nSPS) is 22.0. The molecule has 1 rings (SSSR count). The largest absolute Gasteiger partial charge is 0.327 e. The second-order valence-corrected chi connectivity index (χ2v) is 5.93. The van der Waals surface area contributed by atoms with Gasteiger partial charge in [-0.1, -0.05) is 20.8 Å². The third kappa shape index (κ3) is 4.20. The molecule has 2 N–H and O–H groups in total. The lowest BCUT2D eigenvalue weighted by Crippen LogP contribution is -2.47. The standard InChI is InChI=1S/C16H32N4O2/c1-5-16(4)14(21)19(12-8-10-17-6-2)15(22)20(16)13-9-11-18-7-3/h17-18H,5-13H2,1-4H3. The smallest absolute Gasteiger partial charge is 0.317 e. The number of nitrogens with one attached hydrogen (secondary N) is 2. The maximum absolute atomic E-state index is 12.7. The summed E-state index contributed by atoms with van der Waals surface area (Å²) in [6.07, 6.45) is 2.33. The van der Waals surface area contributed by atoms with Gasteiger partial charge in [0.15, 0.2) is 0 Å². The molecule has 1 aliphatic heterocycles. The zero-order chi connectivity index (χ0) is 16.6. The molecule has 0 aliphatic carbocycles. The summed E-state index contributed by atoms with van der Waals surface area (Å²) in [6.45, 7) is 12.6. The second kappa shape index (κ2) is 9.10. The highest BCUT2D eigenvalue weighted by Gasteiger charge is 2.52. The van der Waals surface area contributed by atoms with Gasteiger partial charge in [-0.25, -0.2) is 4.79 Å². The summed E-state index contributed by atoms with van der Waals surface area (Å²) < 4.78 is 0. The van der Waals surface area contributed by atoms with E-state index in [1.807, 2.05) is 20.8 Å². The van der Waals surface area contributed by atoms with Crippen LogP contribution in [0, 0.1) is 0 Å². The molecule has 6 nitrogen and oxygen atoms in total. The van der Waals surface area contributed by atoms with E-state index in [1.165, 1.54) is 4.90 Å². The third-order valence-electron chi connectivity index (χ3n) is 4.42. The summed E-state index contributed by atoms with van der Waals surface area (Å²) >= 11 is 0. The molecular weight excluding hydrogens is 280 g/mol. The zero-order valence-electron chi connectivity index (χ0n) is 14.6. The van der Waals surface area contributed by atoms with E-state index in [0.717, 1.165) is 39.0 Å². The van der Waals surface area contributed by atoms with E-state index >= 15 is 0 Å². The number of nitrogens with zero attached hydrogens (tertiary/aromatic N) is 2. The maximum atomic E-state index is 12.7. The molecule has 1 heterocycles. The lowest BCUT2D eigenvalue weighted by atomic mass is 9.97. The van der Waals surface area contributed by atoms with Crippen LogP contribution in [0.5, 0.6) is 0 Å². The van der Waals surface area contributed by atoms with Crippen LogP contribution in [0.15, 0.2) is 0 Å². The van der Waals surface area contributed by atoms with Crippen molar-refractivity contribution in [3.8, 4) is 0 Å². The number of hydrogen-bond acceptors (Lipinski definition) is 4. The Morgan fingerprint density at radius 2 is 1.50 bits per heavy atom. The van der Waals surface area contributed by atoms with Gasteiger partial charge in [0.2, 0.25) is 0 Å². The van der Waals surface area contributed by atoms with Gasteiger partial charge in [0, 0.05) is 13.1 Å². The summed E-state index contributed by atoms with van der Waals surface area (Å²) in [5.74, 6) is -0.0417. The first kappa shape index (κ1) is 18.9. The van der Waals surface area contributed by atoms with Crippen molar-refractivity contribution in [3.63, 3.8) is 0 Å². The Balaban J connectivity index is 2.66. The summed E-state index contributed by atoms with van der Waals surface area (Å²) in [5, 5.41) is 6.48. The first-order chi connectivity index (χ1) is 10.5. The highest BCUT2D eigenvalue weighted by Crippen LogP contribution is 2.31. The van der Waals surface area contributed by atoms with Gasteiger partial charge in [0.1, 0.15) is 5.54 Å². The number of rotatable bonds is 11. The number of urea groups is 1. The van der Waals surface area contributed by atoms with Gasteiger partial charge in [-0.3, -0.25) is 9.69 Å². The monoisotopic (exact) mass is 312 g/mol. The quantitative estimate of drug-likeness (QED) is 0.447. The van der Waals surface area contributed by atoms with E-state index in [0.29, 0.717) is 19.5 Å². The minimum Gasteiger partial charge on any atom is -0.317 e. The molecule has 0 spiro atoms.